The third-order valence-electron chi connectivity index (χ3n) is 2.21. The van der Waals surface area contributed by atoms with Crippen LogP contribution in [0.4, 0.5) is 0 Å². The predicted molar refractivity (Wildman–Crippen MR) is 62.4 cm³/mol. The number of rotatable bonds is 4. The van der Waals surface area contributed by atoms with Crippen LogP contribution in [0.3, 0.4) is 0 Å². The standard InChI is InChI=1S/C7H12.C5H13NO/c1-7-5-3-2-4-6-7;1-2-7-5-3-4-6/h5H,2-4,6H2,1H3;2-6H2,1H3. The summed E-state index contributed by atoms with van der Waals surface area (Å²) < 4.78 is 4.99. The van der Waals surface area contributed by atoms with Gasteiger partial charge in [-0.05, 0) is 52.5 Å². The first-order valence-electron chi connectivity index (χ1n) is 5.74. The van der Waals surface area contributed by atoms with Crippen LogP contribution >= 0.6 is 0 Å². The Hall–Kier alpha value is -0.340. The Morgan fingerprint density at radius 3 is 2.57 bits per heavy atom. The van der Waals surface area contributed by atoms with E-state index in [-0.39, 0.29) is 0 Å². The van der Waals surface area contributed by atoms with Gasteiger partial charge in [0.15, 0.2) is 0 Å². The fourth-order valence-electron chi connectivity index (χ4n) is 1.33. The predicted octanol–water partition coefficient (Wildman–Crippen LogP) is 2.88. The number of hydrogen-bond donors (Lipinski definition) is 1. The molecule has 0 amide bonds. The van der Waals surface area contributed by atoms with E-state index in [1.807, 2.05) is 6.92 Å². The van der Waals surface area contributed by atoms with Gasteiger partial charge in [0.1, 0.15) is 0 Å². The highest BCUT2D eigenvalue weighted by Gasteiger charge is 1.95. The summed E-state index contributed by atoms with van der Waals surface area (Å²) >= 11 is 0. The van der Waals surface area contributed by atoms with Gasteiger partial charge in [-0.2, -0.15) is 0 Å². The first kappa shape index (κ1) is 13.7. The summed E-state index contributed by atoms with van der Waals surface area (Å²) in [7, 11) is 0. The maximum atomic E-state index is 5.19. The molecule has 0 aliphatic heterocycles. The molecule has 0 fully saturated rings. The van der Waals surface area contributed by atoms with Crippen LogP contribution in [0, 0.1) is 0 Å². The van der Waals surface area contributed by atoms with Crippen molar-refractivity contribution in [1.82, 2.24) is 0 Å². The van der Waals surface area contributed by atoms with Crippen molar-refractivity contribution in [3.8, 4) is 0 Å². The Bertz CT molecular complexity index is 139. The molecule has 84 valence electrons. The molecule has 0 atom stereocenters. The van der Waals surface area contributed by atoms with Crippen molar-refractivity contribution in [1.29, 1.82) is 0 Å². The van der Waals surface area contributed by atoms with Crippen LogP contribution in [0.15, 0.2) is 11.6 Å². The Morgan fingerprint density at radius 1 is 1.43 bits per heavy atom. The van der Waals surface area contributed by atoms with Crippen LogP contribution < -0.4 is 5.73 Å². The molecule has 0 spiro atoms. The van der Waals surface area contributed by atoms with E-state index < -0.39 is 0 Å². The Labute approximate surface area is 88.5 Å². The molecule has 1 rings (SSSR count). The van der Waals surface area contributed by atoms with Gasteiger partial charge in [-0.25, -0.2) is 0 Å². The van der Waals surface area contributed by atoms with Crippen molar-refractivity contribution in [2.24, 2.45) is 5.73 Å². The van der Waals surface area contributed by atoms with Gasteiger partial charge in [0.25, 0.3) is 0 Å². The minimum Gasteiger partial charge on any atom is -0.382 e. The van der Waals surface area contributed by atoms with Gasteiger partial charge in [0, 0.05) is 13.2 Å². The first-order valence-corrected chi connectivity index (χ1v) is 5.74. The molecular weight excluding hydrogens is 174 g/mol. The number of hydrogen-bond acceptors (Lipinski definition) is 2. The Kier molecular flexibility index (Phi) is 10.5. The summed E-state index contributed by atoms with van der Waals surface area (Å²) in [5.41, 5.74) is 6.78. The van der Waals surface area contributed by atoms with Gasteiger partial charge in [0.05, 0.1) is 0 Å². The average Bonchev–Trinajstić information content (AvgIpc) is 2.21. The van der Waals surface area contributed by atoms with E-state index in [0.717, 1.165) is 26.2 Å². The third kappa shape index (κ3) is 9.75. The fourth-order valence-corrected chi connectivity index (χ4v) is 1.33. The monoisotopic (exact) mass is 199 g/mol. The van der Waals surface area contributed by atoms with E-state index in [1.54, 1.807) is 5.57 Å². The summed E-state index contributed by atoms with van der Waals surface area (Å²) in [6.45, 7) is 6.56. The second-order valence-corrected chi connectivity index (χ2v) is 3.64. The second-order valence-electron chi connectivity index (χ2n) is 3.64. The van der Waals surface area contributed by atoms with E-state index >= 15 is 0 Å². The van der Waals surface area contributed by atoms with E-state index in [0.29, 0.717) is 0 Å². The van der Waals surface area contributed by atoms with Crippen LogP contribution in [-0.4, -0.2) is 19.8 Å². The normalized spacial score (nSPS) is 15.5. The molecule has 0 aromatic heterocycles. The summed E-state index contributed by atoms with van der Waals surface area (Å²) in [6.07, 6.45) is 8.84. The van der Waals surface area contributed by atoms with E-state index in [1.165, 1.54) is 25.7 Å². The summed E-state index contributed by atoms with van der Waals surface area (Å²) in [5, 5.41) is 0. The van der Waals surface area contributed by atoms with Crippen LogP contribution in [-0.2, 0) is 4.74 Å². The molecular formula is C12H25NO. The molecule has 2 N–H and O–H groups in total. The molecule has 0 aromatic rings. The highest BCUT2D eigenvalue weighted by atomic mass is 16.5. The molecule has 0 radical (unpaired) electrons. The van der Waals surface area contributed by atoms with Crippen molar-refractivity contribution in [2.75, 3.05) is 19.8 Å². The van der Waals surface area contributed by atoms with E-state index in [9.17, 15) is 0 Å². The quantitative estimate of drug-likeness (QED) is 0.558. The molecule has 0 saturated carbocycles. The van der Waals surface area contributed by atoms with Crippen LogP contribution in [0.5, 0.6) is 0 Å². The number of ether oxygens (including phenoxy) is 1. The zero-order valence-corrected chi connectivity index (χ0v) is 9.72. The summed E-state index contributed by atoms with van der Waals surface area (Å²) in [4.78, 5) is 0. The largest absolute Gasteiger partial charge is 0.382 e. The Morgan fingerprint density at radius 2 is 2.21 bits per heavy atom. The van der Waals surface area contributed by atoms with Gasteiger partial charge in [-0.3, -0.25) is 0 Å². The molecule has 1 aliphatic rings. The lowest BCUT2D eigenvalue weighted by atomic mass is 10.0. The Balaban J connectivity index is 0.000000241. The molecule has 2 heteroatoms. The zero-order chi connectivity index (χ0) is 10.6. The minimum atomic E-state index is 0.736. The third-order valence-corrected chi connectivity index (χ3v) is 2.21. The smallest absolute Gasteiger partial charge is 0.0477 e. The molecule has 0 unspecified atom stereocenters. The van der Waals surface area contributed by atoms with Crippen molar-refractivity contribution in [2.45, 2.75) is 46.0 Å². The zero-order valence-electron chi connectivity index (χ0n) is 9.72. The summed E-state index contributed by atoms with van der Waals surface area (Å²) in [6, 6.07) is 0. The molecule has 0 heterocycles. The molecule has 1 aliphatic carbocycles. The lowest BCUT2D eigenvalue weighted by Crippen LogP contribution is -2.03. The van der Waals surface area contributed by atoms with Crippen molar-refractivity contribution in [3.05, 3.63) is 11.6 Å². The molecule has 0 bridgehead atoms. The van der Waals surface area contributed by atoms with E-state index in [2.05, 4.69) is 13.0 Å². The maximum Gasteiger partial charge on any atom is 0.0477 e. The lowest BCUT2D eigenvalue weighted by molar-refractivity contribution is 0.146. The highest BCUT2D eigenvalue weighted by molar-refractivity contribution is 5.00. The SMILES string of the molecule is CC1=CCCCC1.CCOCCCN. The van der Waals surface area contributed by atoms with Gasteiger partial charge >= 0.3 is 0 Å². The van der Waals surface area contributed by atoms with Gasteiger partial charge in [-0.15, -0.1) is 0 Å². The highest BCUT2D eigenvalue weighted by Crippen LogP contribution is 2.15. The van der Waals surface area contributed by atoms with Crippen molar-refractivity contribution >= 4 is 0 Å². The van der Waals surface area contributed by atoms with Crippen LogP contribution in [0.2, 0.25) is 0 Å². The molecule has 2 nitrogen and oxygen atoms in total. The van der Waals surface area contributed by atoms with Gasteiger partial charge in [0.2, 0.25) is 0 Å². The fraction of sp³-hybridized carbons (Fsp3) is 0.833. The van der Waals surface area contributed by atoms with Crippen molar-refractivity contribution < 1.29 is 4.74 Å². The van der Waals surface area contributed by atoms with Gasteiger partial charge in [-0.1, -0.05) is 11.6 Å². The first-order chi connectivity index (χ1) is 6.81. The van der Waals surface area contributed by atoms with Gasteiger partial charge < -0.3 is 10.5 Å². The average molecular weight is 199 g/mol. The maximum absolute atomic E-state index is 5.19. The molecule has 14 heavy (non-hydrogen) atoms. The molecule has 0 saturated heterocycles. The van der Waals surface area contributed by atoms with Crippen molar-refractivity contribution in [3.63, 3.8) is 0 Å². The lowest BCUT2D eigenvalue weighted by Gasteiger charge is -2.05. The second kappa shape index (κ2) is 10.7. The summed E-state index contributed by atoms with van der Waals surface area (Å²) in [5.74, 6) is 0. The topological polar surface area (TPSA) is 35.2 Å². The van der Waals surface area contributed by atoms with Crippen LogP contribution in [0.25, 0.3) is 0 Å². The number of allylic oxidation sites excluding steroid dienone is 2. The minimum absolute atomic E-state index is 0.736. The number of nitrogens with two attached hydrogens (primary N) is 1. The van der Waals surface area contributed by atoms with E-state index in [4.69, 9.17) is 10.5 Å². The van der Waals surface area contributed by atoms with Crippen LogP contribution in [0.1, 0.15) is 46.0 Å². The molecule has 0 aromatic carbocycles.